The van der Waals surface area contributed by atoms with Crippen molar-refractivity contribution in [3.05, 3.63) is 0 Å². The number of carbonyl (C=O) groups excluding carboxylic acids is 1. The molecular weight excluding hydrogens is 198 g/mol. The first kappa shape index (κ1) is 13.7. The Bertz CT molecular complexity index is 225. The number of ketones is 1. The van der Waals surface area contributed by atoms with E-state index in [2.05, 4.69) is 32.8 Å². The molecule has 0 aromatic rings. The number of carbonyl (C=O) groups is 1. The second kappa shape index (κ2) is 5.81. The minimum atomic E-state index is -0.152. The van der Waals surface area contributed by atoms with Crippen LogP contribution in [-0.4, -0.2) is 30.3 Å². The van der Waals surface area contributed by atoms with Gasteiger partial charge in [0.05, 0.1) is 5.54 Å². The molecule has 0 amide bonds. The second-order valence-corrected chi connectivity index (χ2v) is 5.86. The van der Waals surface area contributed by atoms with E-state index in [0.29, 0.717) is 11.7 Å². The molecule has 1 fully saturated rings. The van der Waals surface area contributed by atoms with Gasteiger partial charge in [-0.05, 0) is 32.9 Å². The molecule has 0 bridgehead atoms. The van der Waals surface area contributed by atoms with Gasteiger partial charge in [0.25, 0.3) is 0 Å². The summed E-state index contributed by atoms with van der Waals surface area (Å²) in [5.74, 6) is 0.946. The minimum absolute atomic E-state index is 0.152. The van der Waals surface area contributed by atoms with Crippen LogP contribution in [0.15, 0.2) is 0 Å². The fraction of sp³-hybridized carbons (Fsp3) is 0.929. The van der Waals surface area contributed by atoms with Gasteiger partial charge in [-0.1, -0.05) is 39.5 Å². The Morgan fingerprint density at radius 1 is 1.12 bits per heavy atom. The lowest BCUT2D eigenvalue weighted by Crippen LogP contribution is -2.51. The van der Waals surface area contributed by atoms with E-state index in [4.69, 9.17) is 0 Å². The number of Topliss-reactive ketones (excluding diaryl/α,β-unsaturated/α-hetero) is 1. The van der Waals surface area contributed by atoms with E-state index in [0.717, 1.165) is 19.3 Å². The van der Waals surface area contributed by atoms with Crippen LogP contribution < -0.4 is 0 Å². The molecule has 0 aromatic carbocycles. The van der Waals surface area contributed by atoms with Crippen molar-refractivity contribution in [2.24, 2.45) is 5.92 Å². The quantitative estimate of drug-likeness (QED) is 0.684. The SMILES string of the molecule is CC(C)CC(=O)C1(N(C)C)CCCCCC1. The average molecular weight is 225 g/mol. The Morgan fingerprint density at radius 3 is 2.00 bits per heavy atom. The molecule has 1 rings (SSSR count). The molecule has 0 atom stereocenters. The van der Waals surface area contributed by atoms with Crippen LogP contribution in [0.4, 0.5) is 0 Å². The zero-order valence-corrected chi connectivity index (χ0v) is 11.4. The summed E-state index contributed by atoms with van der Waals surface area (Å²) in [6, 6.07) is 0. The van der Waals surface area contributed by atoms with Crippen molar-refractivity contribution in [2.45, 2.75) is 64.3 Å². The van der Waals surface area contributed by atoms with Crippen molar-refractivity contribution in [2.75, 3.05) is 14.1 Å². The number of likely N-dealkylation sites (N-methyl/N-ethyl adjacent to an activating group) is 1. The van der Waals surface area contributed by atoms with Gasteiger partial charge in [-0.3, -0.25) is 9.69 Å². The third-order valence-electron chi connectivity index (χ3n) is 3.90. The van der Waals surface area contributed by atoms with Crippen molar-refractivity contribution in [3.63, 3.8) is 0 Å². The van der Waals surface area contributed by atoms with E-state index in [1.165, 1.54) is 25.7 Å². The lowest BCUT2D eigenvalue weighted by atomic mass is 9.81. The lowest BCUT2D eigenvalue weighted by molar-refractivity contribution is -0.131. The van der Waals surface area contributed by atoms with Gasteiger partial charge in [-0.15, -0.1) is 0 Å². The number of nitrogens with zero attached hydrogens (tertiary/aromatic N) is 1. The van der Waals surface area contributed by atoms with E-state index >= 15 is 0 Å². The normalized spacial score (nSPS) is 21.1. The molecule has 2 heteroatoms. The van der Waals surface area contributed by atoms with Gasteiger partial charge < -0.3 is 0 Å². The summed E-state index contributed by atoms with van der Waals surface area (Å²) in [5.41, 5.74) is -0.152. The first-order chi connectivity index (χ1) is 7.49. The van der Waals surface area contributed by atoms with Crippen LogP contribution in [0.2, 0.25) is 0 Å². The third-order valence-corrected chi connectivity index (χ3v) is 3.90. The Balaban J connectivity index is 2.81. The molecule has 2 nitrogen and oxygen atoms in total. The molecule has 0 radical (unpaired) electrons. The van der Waals surface area contributed by atoms with Crippen LogP contribution in [0.3, 0.4) is 0 Å². The van der Waals surface area contributed by atoms with Crippen LogP contribution in [0, 0.1) is 5.92 Å². The largest absolute Gasteiger partial charge is 0.298 e. The molecule has 1 aliphatic rings. The standard InChI is InChI=1S/C14H27NO/c1-12(2)11-13(16)14(15(3)4)9-7-5-6-8-10-14/h12H,5-11H2,1-4H3. The summed E-state index contributed by atoms with van der Waals surface area (Å²) in [4.78, 5) is 14.7. The van der Waals surface area contributed by atoms with E-state index in [9.17, 15) is 4.79 Å². The number of hydrogen-bond acceptors (Lipinski definition) is 2. The molecule has 1 aliphatic carbocycles. The van der Waals surface area contributed by atoms with Crippen LogP contribution in [-0.2, 0) is 4.79 Å². The maximum absolute atomic E-state index is 12.5. The van der Waals surface area contributed by atoms with E-state index < -0.39 is 0 Å². The molecular formula is C14H27NO. The van der Waals surface area contributed by atoms with Crippen molar-refractivity contribution in [3.8, 4) is 0 Å². The summed E-state index contributed by atoms with van der Waals surface area (Å²) in [6.45, 7) is 4.27. The highest BCUT2D eigenvalue weighted by atomic mass is 16.1. The third kappa shape index (κ3) is 3.07. The lowest BCUT2D eigenvalue weighted by Gasteiger charge is -2.38. The topological polar surface area (TPSA) is 20.3 Å². The fourth-order valence-electron chi connectivity index (χ4n) is 2.85. The predicted molar refractivity (Wildman–Crippen MR) is 68.6 cm³/mol. The van der Waals surface area contributed by atoms with Gasteiger partial charge in [0, 0.05) is 6.42 Å². The summed E-state index contributed by atoms with van der Waals surface area (Å²) in [7, 11) is 4.15. The summed E-state index contributed by atoms with van der Waals surface area (Å²) >= 11 is 0. The van der Waals surface area contributed by atoms with Gasteiger partial charge in [0.1, 0.15) is 0 Å². The highest BCUT2D eigenvalue weighted by Gasteiger charge is 2.39. The van der Waals surface area contributed by atoms with Crippen LogP contribution in [0.5, 0.6) is 0 Å². The average Bonchev–Trinajstić information content (AvgIpc) is 2.42. The first-order valence-electron chi connectivity index (χ1n) is 6.70. The van der Waals surface area contributed by atoms with E-state index in [1.54, 1.807) is 0 Å². The predicted octanol–water partition coefficient (Wildman–Crippen LogP) is 3.26. The van der Waals surface area contributed by atoms with Crippen LogP contribution >= 0.6 is 0 Å². The molecule has 0 heterocycles. The maximum atomic E-state index is 12.5. The van der Waals surface area contributed by atoms with Crippen molar-refractivity contribution in [1.82, 2.24) is 4.90 Å². The Labute approximate surface area is 100 Å². The van der Waals surface area contributed by atoms with E-state index in [-0.39, 0.29) is 5.54 Å². The summed E-state index contributed by atoms with van der Waals surface area (Å²) in [6.07, 6.45) is 7.87. The fourth-order valence-corrected chi connectivity index (χ4v) is 2.85. The molecule has 94 valence electrons. The molecule has 0 spiro atoms. The molecule has 0 saturated heterocycles. The zero-order chi connectivity index (χ0) is 12.2. The molecule has 0 N–H and O–H groups in total. The summed E-state index contributed by atoms with van der Waals surface area (Å²) in [5, 5.41) is 0. The Hall–Kier alpha value is -0.370. The van der Waals surface area contributed by atoms with Gasteiger partial charge >= 0.3 is 0 Å². The number of hydrogen-bond donors (Lipinski definition) is 0. The molecule has 0 aliphatic heterocycles. The van der Waals surface area contributed by atoms with Crippen LogP contribution in [0.1, 0.15) is 58.8 Å². The smallest absolute Gasteiger partial charge is 0.153 e. The zero-order valence-electron chi connectivity index (χ0n) is 11.4. The molecule has 0 aromatic heterocycles. The Morgan fingerprint density at radius 2 is 1.62 bits per heavy atom. The van der Waals surface area contributed by atoms with Crippen molar-refractivity contribution < 1.29 is 4.79 Å². The molecule has 1 saturated carbocycles. The van der Waals surface area contributed by atoms with Gasteiger partial charge in [0.15, 0.2) is 5.78 Å². The maximum Gasteiger partial charge on any atom is 0.153 e. The first-order valence-corrected chi connectivity index (χ1v) is 6.70. The highest BCUT2D eigenvalue weighted by molar-refractivity contribution is 5.88. The Kier molecular flexibility index (Phi) is 4.97. The van der Waals surface area contributed by atoms with Gasteiger partial charge in [-0.2, -0.15) is 0 Å². The molecule has 0 unspecified atom stereocenters. The minimum Gasteiger partial charge on any atom is -0.298 e. The highest BCUT2D eigenvalue weighted by Crippen LogP contribution is 2.33. The number of rotatable bonds is 4. The van der Waals surface area contributed by atoms with Crippen molar-refractivity contribution in [1.29, 1.82) is 0 Å². The van der Waals surface area contributed by atoms with E-state index in [1.807, 2.05) is 0 Å². The monoisotopic (exact) mass is 225 g/mol. The van der Waals surface area contributed by atoms with Crippen molar-refractivity contribution >= 4 is 5.78 Å². The second-order valence-electron chi connectivity index (χ2n) is 5.86. The van der Waals surface area contributed by atoms with Crippen LogP contribution in [0.25, 0.3) is 0 Å². The van der Waals surface area contributed by atoms with Gasteiger partial charge in [0.2, 0.25) is 0 Å². The van der Waals surface area contributed by atoms with Gasteiger partial charge in [-0.25, -0.2) is 0 Å². The molecule has 16 heavy (non-hydrogen) atoms. The summed E-state index contributed by atoms with van der Waals surface area (Å²) < 4.78 is 0.